The summed E-state index contributed by atoms with van der Waals surface area (Å²) in [4.78, 5) is 0. The molecule has 11 heavy (non-hydrogen) atoms. The molecular formula is C10H24O. The highest BCUT2D eigenvalue weighted by Gasteiger charge is 2.09. The minimum atomic E-state index is 0.0463. The molecule has 0 atom stereocenters. The average molecular weight is 160 g/mol. The molecule has 1 rings (SSSR count). The maximum absolute atomic E-state index is 8.73. The average Bonchev–Trinajstić information content (AvgIpc) is 2.46. The van der Waals surface area contributed by atoms with E-state index in [2.05, 4.69) is 13.8 Å². The van der Waals surface area contributed by atoms with Crippen molar-refractivity contribution in [3.8, 4) is 0 Å². The Hall–Kier alpha value is -0.0400. The first-order valence-electron chi connectivity index (χ1n) is 4.99. The van der Waals surface area contributed by atoms with E-state index in [0.717, 1.165) is 12.8 Å². The van der Waals surface area contributed by atoms with E-state index < -0.39 is 0 Å². The summed E-state index contributed by atoms with van der Waals surface area (Å²) in [5.41, 5.74) is 0. The Balaban J connectivity index is 0. The van der Waals surface area contributed by atoms with Crippen molar-refractivity contribution in [2.45, 2.75) is 65.9 Å². The number of hydrogen-bond donors (Lipinski definition) is 1. The summed E-state index contributed by atoms with van der Waals surface area (Å²) >= 11 is 0. The standard InChI is InChI=1S/C5H10O.C3H8.C2H6/c6-5-3-1-2-4-5;1-3-2;1-2/h5-6H,1-4H2;3H2,1-2H3;1-2H3. The van der Waals surface area contributed by atoms with Crippen molar-refractivity contribution < 1.29 is 5.11 Å². The summed E-state index contributed by atoms with van der Waals surface area (Å²) in [6, 6.07) is 0. The van der Waals surface area contributed by atoms with Crippen molar-refractivity contribution in [1.82, 2.24) is 0 Å². The molecule has 1 fully saturated rings. The molecule has 1 saturated carbocycles. The van der Waals surface area contributed by atoms with Crippen molar-refractivity contribution in [3.05, 3.63) is 0 Å². The SMILES string of the molecule is CC.CCC.OC1CCCC1. The van der Waals surface area contributed by atoms with Gasteiger partial charge in [-0.3, -0.25) is 0 Å². The molecule has 0 aromatic rings. The quantitative estimate of drug-likeness (QED) is 0.576. The van der Waals surface area contributed by atoms with E-state index >= 15 is 0 Å². The van der Waals surface area contributed by atoms with Gasteiger partial charge in [-0.15, -0.1) is 0 Å². The summed E-state index contributed by atoms with van der Waals surface area (Å²) in [6.07, 6.45) is 5.85. The van der Waals surface area contributed by atoms with Crippen LogP contribution in [-0.4, -0.2) is 11.2 Å². The molecule has 0 aromatic heterocycles. The molecule has 0 aromatic carbocycles. The van der Waals surface area contributed by atoms with E-state index in [9.17, 15) is 0 Å². The molecule has 0 bridgehead atoms. The van der Waals surface area contributed by atoms with E-state index in [1.807, 2.05) is 13.8 Å². The summed E-state index contributed by atoms with van der Waals surface area (Å²) < 4.78 is 0. The van der Waals surface area contributed by atoms with Gasteiger partial charge in [0.25, 0.3) is 0 Å². The molecule has 1 heteroatoms. The van der Waals surface area contributed by atoms with Gasteiger partial charge in [0, 0.05) is 0 Å². The third-order valence-corrected chi connectivity index (χ3v) is 1.32. The fourth-order valence-electron chi connectivity index (χ4n) is 0.904. The van der Waals surface area contributed by atoms with Gasteiger partial charge in [-0.1, -0.05) is 47.0 Å². The molecule has 0 heterocycles. The second-order valence-electron chi connectivity index (χ2n) is 2.65. The molecule has 0 spiro atoms. The summed E-state index contributed by atoms with van der Waals surface area (Å²) in [5.74, 6) is 0. The lowest BCUT2D eigenvalue weighted by Gasteiger charge is -1.91. The molecule has 1 aliphatic rings. The summed E-state index contributed by atoms with van der Waals surface area (Å²) in [5, 5.41) is 8.73. The van der Waals surface area contributed by atoms with E-state index in [0.29, 0.717) is 0 Å². The van der Waals surface area contributed by atoms with Crippen molar-refractivity contribution in [1.29, 1.82) is 0 Å². The van der Waals surface area contributed by atoms with Crippen molar-refractivity contribution in [2.75, 3.05) is 0 Å². The van der Waals surface area contributed by atoms with E-state index in [1.165, 1.54) is 19.3 Å². The molecule has 0 amide bonds. The first-order chi connectivity index (χ1) is 5.31. The molecule has 0 unspecified atom stereocenters. The Bertz CT molecular complexity index is 46.8. The second-order valence-corrected chi connectivity index (χ2v) is 2.65. The predicted octanol–water partition coefficient (Wildman–Crippen LogP) is 3.36. The zero-order valence-corrected chi connectivity index (χ0v) is 8.56. The second kappa shape index (κ2) is 12.6. The van der Waals surface area contributed by atoms with Crippen LogP contribution in [0.3, 0.4) is 0 Å². The van der Waals surface area contributed by atoms with E-state index in [1.54, 1.807) is 0 Å². The first-order valence-corrected chi connectivity index (χ1v) is 4.99. The van der Waals surface area contributed by atoms with Crippen LogP contribution in [-0.2, 0) is 0 Å². The van der Waals surface area contributed by atoms with Crippen LogP contribution in [0.4, 0.5) is 0 Å². The topological polar surface area (TPSA) is 20.2 Å². The van der Waals surface area contributed by atoms with Crippen LogP contribution in [0, 0.1) is 0 Å². The molecular weight excluding hydrogens is 136 g/mol. The highest BCUT2D eigenvalue weighted by Crippen LogP contribution is 2.16. The normalized spacial score (nSPS) is 16.1. The highest BCUT2D eigenvalue weighted by atomic mass is 16.3. The fourth-order valence-corrected chi connectivity index (χ4v) is 0.904. The molecule has 0 saturated heterocycles. The van der Waals surface area contributed by atoms with Crippen LogP contribution >= 0.6 is 0 Å². The Morgan fingerprint density at radius 2 is 1.36 bits per heavy atom. The lowest BCUT2D eigenvalue weighted by molar-refractivity contribution is 0.183. The van der Waals surface area contributed by atoms with Gasteiger partial charge >= 0.3 is 0 Å². The molecule has 1 nitrogen and oxygen atoms in total. The van der Waals surface area contributed by atoms with Gasteiger partial charge in [-0.05, 0) is 12.8 Å². The Kier molecular flexibility index (Phi) is 15.5. The van der Waals surface area contributed by atoms with Crippen LogP contribution in [0.25, 0.3) is 0 Å². The zero-order chi connectivity index (χ0) is 9.11. The summed E-state index contributed by atoms with van der Waals surface area (Å²) in [7, 11) is 0. The molecule has 0 aliphatic heterocycles. The van der Waals surface area contributed by atoms with Crippen molar-refractivity contribution >= 4 is 0 Å². The van der Waals surface area contributed by atoms with Crippen molar-refractivity contribution in [3.63, 3.8) is 0 Å². The van der Waals surface area contributed by atoms with E-state index in [-0.39, 0.29) is 6.10 Å². The van der Waals surface area contributed by atoms with Crippen LogP contribution in [0.2, 0.25) is 0 Å². The third-order valence-electron chi connectivity index (χ3n) is 1.32. The van der Waals surface area contributed by atoms with Crippen LogP contribution in [0.1, 0.15) is 59.8 Å². The maximum atomic E-state index is 8.73. The smallest absolute Gasteiger partial charge is 0.0540 e. The molecule has 0 radical (unpaired) electrons. The Morgan fingerprint density at radius 3 is 1.45 bits per heavy atom. The predicted molar refractivity (Wildman–Crippen MR) is 51.8 cm³/mol. The minimum Gasteiger partial charge on any atom is -0.393 e. The number of rotatable bonds is 0. The van der Waals surface area contributed by atoms with Gasteiger partial charge in [-0.25, -0.2) is 0 Å². The lowest BCUT2D eigenvalue weighted by Crippen LogP contribution is -1.94. The van der Waals surface area contributed by atoms with Crippen LogP contribution < -0.4 is 0 Å². The van der Waals surface area contributed by atoms with Gasteiger partial charge in [0.1, 0.15) is 0 Å². The van der Waals surface area contributed by atoms with E-state index in [4.69, 9.17) is 5.11 Å². The maximum Gasteiger partial charge on any atom is 0.0540 e. The summed E-state index contributed by atoms with van der Waals surface area (Å²) in [6.45, 7) is 8.25. The Labute approximate surface area is 71.8 Å². The largest absolute Gasteiger partial charge is 0.393 e. The number of aliphatic hydroxyl groups excluding tert-OH is 1. The fraction of sp³-hybridized carbons (Fsp3) is 1.00. The minimum absolute atomic E-state index is 0.0463. The highest BCUT2D eigenvalue weighted by molar-refractivity contribution is 4.63. The van der Waals surface area contributed by atoms with Gasteiger partial charge < -0.3 is 5.11 Å². The monoisotopic (exact) mass is 160 g/mol. The van der Waals surface area contributed by atoms with Crippen molar-refractivity contribution in [2.24, 2.45) is 0 Å². The van der Waals surface area contributed by atoms with Gasteiger partial charge in [0.15, 0.2) is 0 Å². The Morgan fingerprint density at radius 1 is 1.09 bits per heavy atom. The molecule has 70 valence electrons. The van der Waals surface area contributed by atoms with Crippen LogP contribution in [0.15, 0.2) is 0 Å². The van der Waals surface area contributed by atoms with Gasteiger partial charge in [0.2, 0.25) is 0 Å². The van der Waals surface area contributed by atoms with Gasteiger partial charge in [-0.2, -0.15) is 0 Å². The lowest BCUT2D eigenvalue weighted by atomic mass is 10.3. The molecule has 1 N–H and O–H groups in total. The van der Waals surface area contributed by atoms with Crippen LogP contribution in [0.5, 0.6) is 0 Å². The zero-order valence-electron chi connectivity index (χ0n) is 8.56. The van der Waals surface area contributed by atoms with Gasteiger partial charge in [0.05, 0.1) is 6.10 Å². The number of hydrogen-bond acceptors (Lipinski definition) is 1. The molecule has 1 aliphatic carbocycles. The first kappa shape index (κ1) is 13.5. The third kappa shape index (κ3) is 13.0. The number of aliphatic hydroxyl groups is 1.